The summed E-state index contributed by atoms with van der Waals surface area (Å²) in [5.41, 5.74) is 1.18. The Balaban J connectivity index is 2.00. The maximum atomic E-state index is 12.2. The molecule has 1 amide bonds. The van der Waals surface area contributed by atoms with E-state index in [1.165, 1.54) is 5.56 Å². The van der Waals surface area contributed by atoms with E-state index in [-0.39, 0.29) is 18.0 Å². The molecule has 0 saturated carbocycles. The predicted octanol–water partition coefficient (Wildman–Crippen LogP) is 2.25. The normalized spacial score (nSPS) is 24.8. The van der Waals surface area contributed by atoms with Crippen LogP contribution in [0.1, 0.15) is 38.3 Å². The molecule has 3 atom stereocenters. The predicted molar refractivity (Wildman–Crippen MR) is 73.2 cm³/mol. The van der Waals surface area contributed by atoms with Crippen LogP contribution in [0.5, 0.6) is 0 Å². The van der Waals surface area contributed by atoms with Crippen molar-refractivity contribution >= 4 is 5.91 Å². The van der Waals surface area contributed by atoms with E-state index in [1.54, 1.807) is 0 Å². The highest BCUT2D eigenvalue weighted by Crippen LogP contribution is 2.19. The van der Waals surface area contributed by atoms with E-state index in [9.17, 15) is 4.79 Å². The molecule has 1 aliphatic rings. The lowest BCUT2D eigenvalue weighted by Gasteiger charge is -2.22. The van der Waals surface area contributed by atoms with Crippen molar-refractivity contribution in [2.75, 3.05) is 6.54 Å². The van der Waals surface area contributed by atoms with Gasteiger partial charge in [-0.25, -0.2) is 0 Å². The van der Waals surface area contributed by atoms with Gasteiger partial charge in [0.05, 0.1) is 12.1 Å². The molecular formula is C15H22N2O. The van der Waals surface area contributed by atoms with E-state index in [4.69, 9.17) is 0 Å². The summed E-state index contributed by atoms with van der Waals surface area (Å²) in [6, 6.07) is 10.3. The fourth-order valence-corrected chi connectivity index (χ4v) is 2.55. The molecule has 0 radical (unpaired) electrons. The lowest BCUT2D eigenvalue weighted by molar-refractivity contribution is -0.124. The Morgan fingerprint density at radius 3 is 2.72 bits per heavy atom. The molecular weight excluding hydrogens is 224 g/mol. The third-order valence-electron chi connectivity index (χ3n) is 3.74. The minimum absolute atomic E-state index is 0.0252. The minimum Gasteiger partial charge on any atom is -0.348 e. The summed E-state index contributed by atoms with van der Waals surface area (Å²) in [4.78, 5) is 12.2. The Hall–Kier alpha value is -1.35. The van der Waals surface area contributed by atoms with Gasteiger partial charge in [0.15, 0.2) is 0 Å². The molecule has 3 nitrogen and oxygen atoms in total. The molecule has 1 aliphatic heterocycles. The highest BCUT2D eigenvalue weighted by atomic mass is 16.2. The van der Waals surface area contributed by atoms with Crippen LogP contribution in [0.4, 0.5) is 0 Å². The van der Waals surface area contributed by atoms with Crippen molar-refractivity contribution < 1.29 is 4.79 Å². The molecule has 1 aromatic rings. The number of carbonyl (C=O) groups excluding carboxylic acids is 1. The van der Waals surface area contributed by atoms with Gasteiger partial charge in [-0.3, -0.25) is 4.79 Å². The van der Waals surface area contributed by atoms with Crippen molar-refractivity contribution in [1.29, 1.82) is 0 Å². The monoisotopic (exact) mass is 246 g/mol. The van der Waals surface area contributed by atoms with Crippen molar-refractivity contribution in [3.8, 4) is 0 Å². The average molecular weight is 246 g/mol. The zero-order valence-electron chi connectivity index (χ0n) is 11.1. The molecule has 2 rings (SSSR count). The van der Waals surface area contributed by atoms with Gasteiger partial charge in [-0.1, -0.05) is 44.2 Å². The summed E-state index contributed by atoms with van der Waals surface area (Å²) in [6.45, 7) is 5.18. The maximum absolute atomic E-state index is 12.2. The molecule has 1 fully saturated rings. The van der Waals surface area contributed by atoms with E-state index >= 15 is 0 Å². The molecule has 18 heavy (non-hydrogen) atoms. The van der Waals surface area contributed by atoms with Crippen LogP contribution < -0.4 is 10.6 Å². The summed E-state index contributed by atoms with van der Waals surface area (Å²) >= 11 is 0. The van der Waals surface area contributed by atoms with Gasteiger partial charge in [0, 0.05) is 0 Å². The second kappa shape index (κ2) is 6.01. The van der Waals surface area contributed by atoms with Gasteiger partial charge in [-0.2, -0.15) is 0 Å². The standard InChI is InChI=1S/C15H22N2O/c1-3-13(12-7-5-4-6-8-12)17-15(18)14-11(2)9-10-16-14/h4-8,11,13-14,16H,3,9-10H2,1-2H3,(H,17,18). The van der Waals surface area contributed by atoms with Gasteiger partial charge in [0.2, 0.25) is 5.91 Å². The molecule has 0 spiro atoms. The fourth-order valence-electron chi connectivity index (χ4n) is 2.55. The lowest BCUT2D eigenvalue weighted by Crippen LogP contribution is -2.44. The summed E-state index contributed by atoms with van der Waals surface area (Å²) in [5, 5.41) is 6.43. The summed E-state index contributed by atoms with van der Waals surface area (Å²) < 4.78 is 0. The number of hydrogen-bond acceptors (Lipinski definition) is 2. The lowest BCUT2D eigenvalue weighted by atomic mass is 10.0. The first-order chi connectivity index (χ1) is 8.72. The molecule has 3 unspecified atom stereocenters. The molecule has 0 aliphatic carbocycles. The van der Waals surface area contributed by atoms with Gasteiger partial charge in [0.1, 0.15) is 0 Å². The van der Waals surface area contributed by atoms with Gasteiger partial charge >= 0.3 is 0 Å². The van der Waals surface area contributed by atoms with E-state index in [1.807, 2.05) is 18.2 Å². The van der Waals surface area contributed by atoms with Crippen molar-refractivity contribution in [2.45, 2.75) is 38.8 Å². The second-order valence-electron chi connectivity index (χ2n) is 5.08. The van der Waals surface area contributed by atoms with Gasteiger partial charge in [-0.05, 0) is 30.9 Å². The van der Waals surface area contributed by atoms with Crippen molar-refractivity contribution in [1.82, 2.24) is 10.6 Å². The minimum atomic E-state index is -0.0252. The van der Waals surface area contributed by atoms with E-state index in [0.717, 1.165) is 19.4 Å². The molecule has 98 valence electrons. The Kier molecular flexibility index (Phi) is 4.37. The quantitative estimate of drug-likeness (QED) is 0.855. The van der Waals surface area contributed by atoms with Crippen LogP contribution in [-0.4, -0.2) is 18.5 Å². The topological polar surface area (TPSA) is 41.1 Å². The SMILES string of the molecule is CCC(NC(=O)C1NCCC1C)c1ccccc1. The van der Waals surface area contributed by atoms with Crippen LogP contribution in [0.2, 0.25) is 0 Å². The number of rotatable bonds is 4. The van der Waals surface area contributed by atoms with E-state index in [0.29, 0.717) is 5.92 Å². The average Bonchev–Trinajstić information content (AvgIpc) is 2.83. The zero-order chi connectivity index (χ0) is 13.0. The van der Waals surface area contributed by atoms with Gasteiger partial charge < -0.3 is 10.6 Å². The van der Waals surface area contributed by atoms with Crippen LogP contribution >= 0.6 is 0 Å². The molecule has 1 heterocycles. The Morgan fingerprint density at radius 2 is 2.17 bits per heavy atom. The molecule has 2 N–H and O–H groups in total. The van der Waals surface area contributed by atoms with Crippen LogP contribution in [0, 0.1) is 5.92 Å². The number of hydrogen-bond donors (Lipinski definition) is 2. The first kappa shape index (κ1) is 13.1. The molecule has 1 saturated heterocycles. The number of nitrogens with one attached hydrogen (secondary N) is 2. The highest BCUT2D eigenvalue weighted by molar-refractivity contribution is 5.82. The van der Waals surface area contributed by atoms with Crippen LogP contribution in [0.25, 0.3) is 0 Å². The van der Waals surface area contributed by atoms with E-state index in [2.05, 4.69) is 36.6 Å². The number of carbonyl (C=O) groups is 1. The first-order valence-electron chi connectivity index (χ1n) is 6.81. The molecule has 0 aromatic heterocycles. The first-order valence-corrected chi connectivity index (χ1v) is 6.81. The Morgan fingerprint density at radius 1 is 1.44 bits per heavy atom. The summed E-state index contributed by atoms with van der Waals surface area (Å²) in [7, 11) is 0. The summed E-state index contributed by atoms with van der Waals surface area (Å²) in [6.07, 6.45) is 2.00. The van der Waals surface area contributed by atoms with Gasteiger partial charge in [0.25, 0.3) is 0 Å². The molecule has 1 aromatic carbocycles. The van der Waals surface area contributed by atoms with Gasteiger partial charge in [-0.15, -0.1) is 0 Å². The van der Waals surface area contributed by atoms with E-state index < -0.39 is 0 Å². The third kappa shape index (κ3) is 2.91. The smallest absolute Gasteiger partial charge is 0.237 e. The Bertz CT molecular complexity index is 391. The van der Waals surface area contributed by atoms with Crippen LogP contribution in [0.3, 0.4) is 0 Å². The Labute approximate surface area is 109 Å². The largest absolute Gasteiger partial charge is 0.348 e. The summed E-state index contributed by atoms with van der Waals surface area (Å²) in [5.74, 6) is 0.564. The fraction of sp³-hybridized carbons (Fsp3) is 0.533. The molecule has 3 heteroatoms. The third-order valence-corrected chi connectivity index (χ3v) is 3.74. The van der Waals surface area contributed by atoms with Crippen molar-refractivity contribution in [2.24, 2.45) is 5.92 Å². The highest BCUT2D eigenvalue weighted by Gasteiger charge is 2.30. The molecule has 0 bridgehead atoms. The number of benzene rings is 1. The van der Waals surface area contributed by atoms with Crippen molar-refractivity contribution in [3.63, 3.8) is 0 Å². The second-order valence-corrected chi connectivity index (χ2v) is 5.08. The maximum Gasteiger partial charge on any atom is 0.237 e. The van der Waals surface area contributed by atoms with Crippen LogP contribution in [-0.2, 0) is 4.79 Å². The zero-order valence-corrected chi connectivity index (χ0v) is 11.1. The van der Waals surface area contributed by atoms with Crippen molar-refractivity contribution in [3.05, 3.63) is 35.9 Å². The number of amides is 1. The van der Waals surface area contributed by atoms with Crippen LogP contribution in [0.15, 0.2) is 30.3 Å².